The van der Waals surface area contributed by atoms with E-state index >= 15 is 0 Å². The fourth-order valence-corrected chi connectivity index (χ4v) is 4.03. The molecule has 2 rings (SSSR count). The first-order chi connectivity index (χ1) is 14.4. The number of hydrogen-bond donors (Lipinski definition) is 2. The quantitative estimate of drug-likeness (QED) is 0.558. The third-order valence-electron chi connectivity index (χ3n) is 4.38. The highest BCUT2D eigenvalue weighted by Gasteiger charge is 2.27. The van der Waals surface area contributed by atoms with Crippen LogP contribution in [0.25, 0.3) is 0 Å². The van der Waals surface area contributed by atoms with Gasteiger partial charge in [-0.15, -0.1) is 0 Å². The van der Waals surface area contributed by atoms with Gasteiger partial charge in [-0.2, -0.15) is 0 Å². The third-order valence-corrected chi connectivity index (χ3v) is 5.78. The van der Waals surface area contributed by atoms with Gasteiger partial charge in [0.05, 0.1) is 17.9 Å². The second-order valence-electron chi connectivity index (χ2n) is 6.68. The first-order valence-corrected chi connectivity index (χ1v) is 10.8. The predicted octanol–water partition coefficient (Wildman–Crippen LogP) is 1.59. The number of ether oxygens (including phenoxy) is 1. The molecular weight excluding hydrogens is 404 g/mol. The zero-order valence-corrected chi connectivity index (χ0v) is 17.8. The molecule has 0 aromatic heterocycles. The van der Waals surface area contributed by atoms with E-state index in [4.69, 9.17) is 4.74 Å². The highest BCUT2D eigenvalue weighted by molar-refractivity contribution is 7.85. The molecule has 0 saturated carbocycles. The molecule has 2 N–H and O–H groups in total. The molecule has 0 aliphatic rings. The van der Waals surface area contributed by atoms with Gasteiger partial charge in [-0.1, -0.05) is 48.5 Å². The average molecular weight is 431 g/mol. The maximum absolute atomic E-state index is 12.8. The van der Waals surface area contributed by atoms with Crippen LogP contribution >= 0.6 is 0 Å². The van der Waals surface area contributed by atoms with Gasteiger partial charge in [-0.25, -0.2) is 4.79 Å². The molecule has 3 atom stereocenters. The largest absolute Gasteiger partial charge is 0.467 e. The molecule has 0 aliphatic heterocycles. The molecule has 0 spiro atoms. The van der Waals surface area contributed by atoms with Gasteiger partial charge in [-0.3, -0.25) is 13.8 Å². The molecule has 0 radical (unpaired) electrons. The van der Waals surface area contributed by atoms with Crippen LogP contribution in [0.4, 0.5) is 0 Å². The van der Waals surface area contributed by atoms with E-state index in [0.29, 0.717) is 4.90 Å². The molecule has 2 aromatic rings. The predicted molar refractivity (Wildman–Crippen MR) is 114 cm³/mol. The smallest absolute Gasteiger partial charge is 0.328 e. The lowest BCUT2D eigenvalue weighted by molar-refractivity contribution is -0.145. The van der Waals surface area contributed by atoms with Crippen LogP contribution in [0.2, 0.25) is 0 Å². The minimum atomic E-state index is -1.32. The van der Waals surface area contributed by atoms with E-state index < -0.39 is 34.8 Å². The topological polar surface area (TPSA) is 102 Å². The van der Waals surface area contributed by atoms with Gasteiger partial charge in [0.25, 0.3) is 0 Å². The van der Waals surface area contributed by atoms with Crippen molar-refractivity contribution >= 4 is 28.6 Å². The van der Waals surface area contributed by atoms with E-state index in [2.05, 4.69) is 10.6 Å². The van der Waals surface area contributed by atoms with Gasteiger partial charge < -0.3 is 15.4 Å². The second kappa shape index (κ2) is 11.9. The molecule has 160 valence electrons. The Labute approximate surface area is 178 Å². The number of rotatable bonds is 10. The first kappa shape index (κ1) is 23.3. The minimum Gasteiger partial charge on any atom is -0.467 e. The summed E-state index contributed by atoms with van der Waals surface area (Å²) in [6.45, 7) is 1.33. The van der Waals surface area contributed by atoms with Crippen LogP contribution in [-0.4, -0.2) is 46.9 Å². The van der Waals surface area contributed by atoms with E-state index in [1.807, 2.05) is 36.4 Å². The Bertz CT molecular complexity index is 874. The summed E-state index contributed by atoms with van der Waals surface area (Å²) in [6.07, 6.45) is 0.411. The number of esters is 1. The van der Waals surface area contributed by atoms with E-state index in [-0.39, 0.29) is 24.5 Å². The average Bonchev–Trinajstić information content (AvgIpc) is 2.76. The second-order valence-corrected chi connectivity index (χ2v) is 8.25. The minimum absolute atomic E-state index is 0.137. The fourth-order valence-electron chi connectivity index (χ4n) is 2.88. The Morgan fingerprint density at radius 1 is 0.933 bits per heavy atom. The van der Waals surface area contributed by atoms with E-state index in [0.717, 1.165) is 5.56 Å². The molecule has 2 amide bonds. The number of carbonyl (C=O) groups excluding carboxylic acids is 3. The lowest BCUT2D eigenvalue weighted by atomic mass is 10.0. The Kier molecular flexibility index (Phi) is 9.21. The van der Waals surface area contributed by atoms with Crippen LogP contribution in [0.5, 0.6) is 0 Å². The summed E-state index contributed by atoms with van der Waals surface area (Å²) in [5, 5.41) is 5.26. The van der Waals surface area contributed by atoms with Crippen molar-refractivity contribution in [1.82, 2.24) is 10.6 Å². The van der Waals surface area contributed by atoms with Crippen molar-refractivity contribution in [1.29, 1.82) is 0 Å². The number of nitrogens with one attached hydrogen (secondary N) is 2. The van der Waals surface area contributed by atoms with Crippen LogP contribution in [0.1, 0.15) is 18.9 Å². The molecule has 2 aromatic carbocycles. The van der Waals surface area contributed by atoms with Crippen LogP contribution in [0.3, 0.4) is 0 Å². The summed E-state index contributed by atoms with van der Waals surface area (Å²) in [5.74, 6) is -1.32. The Morgan fingerprint density at radius 3 is 2.10 bits per heavy atom. The molecule has 0 unspecified atom stereocenters. The standard InChI is InChI=1S/C22H26N2O5S/c1-16(25)23-20(15-17-9-5-3-6-10-17)21(26)24-19(22(27)29-2)13-14-30(28)18-11-7-4-8-12-18/h3-12,19-20H,13-15H2,1-2H3,(H,23,25)(H,24,26)/t19-,20+,30+/m0/s1. The summed E-state index contributed by atoms with van der Waals surface area (Å²) in [7, 11) is -0.0904. The van der Waals surface area contributed by atoms with Crippen molar-refractivity contribution < 1.29 is 23.3 Å². The zero-order valence-electron chi connectivity index (χ0n) is 17.0. The number of methoxy groups -OCH3 is 1. The molecule has 30 heavy (non-hydrogen) atoms. The van der Waals surface area contributed by atoms with Gasteiger partial charge in [0.15, 0.2) is 0 Å². The Morgan fingerprint density at radius 2 is 1.53 bits per heavy atom. The highest BCUT2D eigenvalue weighted by atomic mass is 32.2. The van der Waals surface area contributed by atoms with Gasteiger partial charge >= 0.3 is 5.97 Å². The van der Waals surface area contributed by atoms with Crippen molar-refractivity contribution in [3.05, 3.63) is 66.2 Å². The SMILES string of the molecule is COC(=O)[C@H](CC[S@@](=O)c1ccccc1)NC(=O)[C@@H](Cc1ccccc1)NC(C)=O. The number of carbonyl (C=O) groups is 3. The lowest BCUT2D eigenvalue weighted by Crippen LogP contribution is -2.52. The lowest BCUT2D eigenvalue weighted by Gasteiger charge is -2.22. The number of hydrogen-bond acceptors (Lipinski definition) is 5. The molecule has 0 fully saturated rings. The highest BCUT2D eigenvalue weighted by Crippen LogP contribution is 2.09. The molecule has 0 aliphatic carbocycles. The first-order valence-electron chi connectivity index (χ1n) is 9.53. The summed E-state index contributed by atoms with van der Waals surface area (Å²) in [4.78, 5) is 37.2. The van der Waals surface area contributed by atoms with Crippen LogP contribution in [-0.2, 0) is 36.3 Å². The van der Waals surface area contributed by atoms with Gasteiger partial charge in [0.2, 0.25) is 11.8 Å². The van der Waals surface area contributed by atoms with Crippen molar-refractivity contribution in [2.24, 2.45) is 0 Å². The summed E-state index contributed by atoms with van der Waals surface area (Å²) in [6, 6.07) is 16.3. The van der Waals surface area contributed by atoms with Gasteiger partial charge in [0, 0.05) is 24.0 Å². The van der Waals surface area contributed by atoms with E-state index in [1.54, 1.807) is 24.3 Å². The number of benzene rings is 2. The summed E-state index contributed by atoms with van der Waals surface area (Å²) >= 11 is 0. The fraction of sp³-hybridized carbons (Fsp3) is 0.318. The Balaban J connectivity index is 2.06. The monoisotopic (exact) mass is 430 g/mol. The van der Waals surface area contributed by atoms with Crippen molar-refractivity contribution in [3.63, 3.8) is 0 Å². The summed E-state index contributed by atoms with van der Waals surface area (Å²) in [5.41, 5.74) is 0.867. The molecule has 8 heteroatoms. The zero-order chi connectivity index (χ0) is 21.9. The van der Waals surface area contributed by atoms with Crippen LogP contribution < -0.4 is 10.6 Å². The molecule has 0 heterocycles. The molecule has 0 bridgehead atoms. The normalized spacial score (nSPS) is 13.5. The molecule has 0 saturated heterocycles. The third kappa shape index (κ3) is 7.44. The van der Waals surface area contributed by atoms with Crippen molar-refractivity contribution in [3.8, 4) is 0 Å². The summed E-state index contributed by atoms with van der Waals surface area (Å²) < 4.78 is 17.2. The van der Waals surface area contributed by atoms with Gasteiger partial charge in [-0.05, 0) is 24.1 Å². The molecule has 7 nitrogen and oxygen atoms in total. The number of amides is 2. The van der Waals surface area contributed by atoms with Crippen LogP contribution in [0.15, 0.2) is 65.6 Å². The van der Waals surface area contributed by atoms with Crippen LogP contribution in [0, 0.1) is 0 Å². The van der Waals surface area contributed by atoms with E-state index in [1.165, 1.54) is 14.0 Å². The Hall–Kier alpha value is -3.00. The van der Waals surface area contributed by atoms with Gasteiger partial charge in [0.1, 0.15) is 12.1 Å². The van der Waals surface area contributed by atoms with E-state index in [9.17, 15) is 18.6 Å². The maximum Gasteiger partial charge on any atom is 0.328 e. The van der Waals surface area contributed by atoms with Crippen molar-refractivity contribution in [2.75, 3.05) is 12.9 Å². The van der Waals surface area contributed by atoms with Crippen molar-refractivity contribution in [2.45, 2.75) is 36.7 Å². The molecular formula is C22H26N2O5S. The maximum atomic E-state index is 12.8.